The minimum Gasteiger partial charge on any atom is -0.330 e. The van der Waals surface area contributed by atoms with E-state index in [1.807, 2.05) is 0 Å². The lowest BCUT2D eigenvalue weighted by atomic mass is 9.73. The standard InChI is InChI=1S/C17H29N3/c1-12-15(6-5-11-18)13(2)20-16(19-12)14-7-9-17(3,4)10-8-14/h14H,5-11,18H2,1-4H3. The molecule has 0 unspecified atom stereocenters. The molecule has 0 spiro atoms. The molecule has 0 amide bonds. The minimum atomic E-state index is 0.502. The Kier molecular flexibility index (Phi) is 4.79. The minimum absolute atomic E-state index is 0.502. The summed E-state index contributed by atoms with van der Waals surface area (Å²) < 4.78 is 0. The van der Waals surface area contributed by atoms with Crippen molar-refractivity contribution >= 4 is 0 Å². The molecular weight excluding hydrogens is 246 g/mol. The first-order valence-electron chi connectivity index (χ1n) is 7.97. The fourth-order valence-corrected chi connectivity index (χ4v) is 3.25. The molecule has 0 atom stereocenters. The highest BCUT2D eigenvalue weighted by molar-refractivity contribution is 5.25. The third-order valence-electron chi connectivity index (χ3n) is 4.77. The molecule has 3 heteroatoms. The number of rotatable bonds is 4. The van der Waals surface area contributed by atoms with Crippen LogP contribution in [0.5, 0.6) is 0 Å². The van der Waals surface area contributed by atoms with Crippen LogP contribution in [0.15, 0.2) is 0 Å². The van der Waals surface area contributed by atoms with Gasteiger partial charge in [-0.2, -0.15) is 0 Å². The van der Waals surface area contributed by atoms with Gasteiger partial charge >= 0.3 is 0 Å². The Morgan fingerprint density at radius 2 is 1.65 bits per heavy atom. The molecule has 3 nitrogen and oxygen atoms in total. The van der Waals surface area contributed by atoms with Crippen LogP contribution in [0.4, 0.5) is 0 Å². The molecule has 20 heavy (non-hydrogen) atoms. The maximum atomic E-state index is 5.61. The highest BCUT2D eigenvalue weighted by atomic mass is 14.9. The molecule has 1 aromatic rings. The smallest absolute Gasteiger partial charge is 0.131 e. The molecule has 1 heterocycles. The van der Waals surface area contributed by atoms with Crippen molar-refractivity contribution in [2.75, 3.05) is 6.54 Å². The van der Waals surface area contributed by atoms with E-state index in [9.17, 15) is 0 Å². The molecule has 2 rings (SSSR count). The third kappa shape index (κ3) is 3.57. The number of aromatic nitrogens is 2. The molecule has 0 radical (unpaired) electrons. The molecule has 2 N–H and O–H groups in total. The van der Waals surface area contributed by atoms with E-state index in [4.69, 9.17) is 15.7 Å². The van der Waals surface area contributed by atoms with E-state index in [1.165, 1.54) is 31.2 Å². The monoisotopic (exact) mass is 275 g/mol. The first kappa shape index (κ1) is 15.4. The summed E-state index contributed by atoms with van der Waals surface area (Å²) in [4.78, 5) is 9.61. The van der Waals surface area contributed by atoms with E-state index >= 15 is 0 Å². The predicted molar refractivity (Wildman–Crippen MR) is 83.9 cm³/mol. The van der Waals surface area contributed by atoms with Gasteiger partial charge in [0.2, 0.25) is 0 Å². The van der Waals surface area contributed by atoms with Crippen molar-refractivity contribution in [1.82, 2.24) is 9.97 Å². The van der Waals surface area contributed by atoms with E-state index < -0.39 is 0 Å². The molecule has 1 aliphatic carbocycles. The van der Waals surface area contributed by atoms with Crippen LogP contribution >= 0.6 is 0 Å². The second-order valence-corrected chi connectivity index (χ2v) is 7.06. The molecule has 1 aliphatic rings. The van der Waals surface area contributed by atoms with Crippen LogP contribution in [0.3, 0.4) is 0 Å². The van der Waals surface area contributed by atoms with Gasteiger partial charge < -0.3 is 5.73 Å². The van der Waals surface area contributed by atoms with Gasteiger partial charge in [0.05, 0.1) is 0 Å². The van der Waals surface area contributed by atoms with Crippen LogP contribution in [0.2, 0.25) is 0 Å². The number of hydrogen-bond donors (Lipinski definition) is 1. The number of nitrogens with zero attached hydrogens (tertiary/aromatic N) is 2. The normalized spacial score (nSPS) is 19.2. The van der Waals surface area contributed by atoms with Crippen molar-refractivity contribution in [1.29, 1.82) is 0 Å². The molecule has 1 aromatic heterocycles. The van der Waals surface area contributed by atoms with Crippen LogP contribution < -0.4 is 5.73 Å². The van der Waals surface area contributed by atoms with Gasteiger partial charge in [0.25, 0.3) is 0 Å². The van der Waals surface area contributed by atoms with Gasteiger partial charge in [0.1, 0.15) is 5.82 Å². The van der Waals surface area contributed by atoms with Crippen LogP contribution in [-0.4, -0.2) is 16.5 Å². The van der Waals surface area contributed by atoms with Crippen molar-refractivity contribution in [2.45, 2.75) is 72.1 Å². The first-order valence-corrected chi connectivity index (χ1v) is 7.97. The summed E-state index contributed by atoms with van der Waals surface area (Å²) in [5.74, 6) is 1.64. The Morgan fingerprint density at radius 1 is 1.10 bits per heavy atom. The fraction of sp³-hybridized carbons (Fsp3) is 0.765. The summed E-state index contributed by atoms with van der Waals surface area (Å²) in [6.45, 7) is 9.72. The van der Waals surface area contributed by atoms with Crippen LogP contribution in [0.1, 0.15) is 74.6 Å². The summed E-state index contributed by atoms with van der Waals surface area (Å²) in [6, 6.07) is 0. The van der Waals surface area contributed by atoms with Crippen molar-refractivity contribution in [3.05, 3.63) is 22.8 Å². The topological polar surface area (TPSA) is 51.8 Å². The third-order valence-corrected chi connectivity index (χ3v) is 4.77. The lowest BCUT2D eigenvalue weighted by Gasteiger charge is -2.33. The maximum absolute atomic E-state index is 5.61. The van der Waals surface area contributed by atoms with Crippen LogP contribution in [0, 0.1) is 19.3 Å². The van der Waals surface area contributed by atoms with Gasteiger partial charge in [-0.25, -0.2) is 9.97 Å². The fourth-order valence-electron chi connectivity index (χ4n) is 3.25. The van der Waals surface area contributed by atoms with Gasteiger partial charge in [-0.15, -0.1) is 0 Å². The average Bonchev–Trinajstić information content (AvgIpc) is 2.37. The zero-order chi connectivity index (χ0) is 14.8. The summed E-state index contributed by atoms with van der Waals surface area (Å²) >= 11 is 0. The van der Waals surface area contributed by atoms with Gasteiger partial charge in [-0.1, -0.05) is 13.8 Å². The Bertz CT molecular complexity index is 432. The van der Waals surface area contributed by atoms with Gasteiger partial charge in [0, 0.05) is 17.3 Å². The van der Waals surface area contributed by atoms with Crippen molar-refractivity contribution in [3.63, 3.8) is 0 Å². The number of nitrogens with two attached hydrogens (primary N) is 1. The lowest BCUT2D eigenvalue weighted by Crippen LogP contribution is -2.22. The molecule has 0 aromatic carbocycles. The summed E-state index contributed by atoms with van der Waals surface area (Å²) in [6.07, 6.45) is 7.05. The Morgan fingerprint density at radius 3 is 2.15 bits per heavy atom. The van der Waals surface area contributed by atoms with Crippen molar-refractivity contribution in [2.24, 2.45) is 11.1 Å². The zero-order valence-electron chi connectivity index (χ0n) is 13.5. The Labute approximate surface area is 123 Å². The lowest BCUT2D eigenvalue weighted by molar-refractivity contribution is 0.220. The predicted octanol–water partition coefficient (Wildman–Crippen LogP) is 3.67. The first-order chi connectivity index (χ1) is 9.43. The molecule has 112 valence electrons. The van der Waals surface area contributed by atoms with Crippen LogP contribution in [-0.2, 0) is 6.42 Å². The second kappa shape index (κ2) is 6.21. The van der Waals surface area contributed by atoms with Gasteiger partial charge in [-0.05, 0) is 69.9 Å². The van der Waals surface area contributed by atoms with E-state index in [0.717, 1.165) is 36.6 Å². The van der Waals surface area contributed by atoms with E-state index in [1.54, 1.807) is 0 Å². The van der Waals surface area contributed by atoms with E-state index in [0.29, 0.717) is 11.3 Å². The Balaban J connectivity index is 2.14. The maximum Gasteiger partial charge on any atom is 0.131 e. The SMILES string of the molecule is Cc1nc(C2CCC(C)(C)CC2)nc(C)c1CCCN. The second-order valence-electron chi connectivity index (χ2n) is 7.06. The van der Waals surface area contributed by atoms with Gasteiger partial charge in [0.15, 0.2) is 0 Å². The van der Waals surface area contributed by atoms with Crippen molar-refractivity contribution < 1.29 is 0 Å². The highest BCUT2D eigenvalue weighted by Crippen LogP contribution is 2.41. The molecule has 1 saturated carbocycles. The summed E-state index contributed by atoms with van der Waals surface area (Å²) in [7, 11) is 0. The number of aryl methyl sites for hydroxylation is 2. The molecule has 0 bridgehead atoms. The summed E-state index contributed by atoms with van der Waals surface area (Å²) in [5, 5.41) is 0. The molecular formula is C17H29N3. The number of hydrogen-bond acceptors (Lipinski definition) is 3. The van der Waals surface area contributed by atoms with E-state index in [2.05, 4.69) is 27.7 Å². The van der Waals surface area contributed by atoms with Crippen LogP contribution in [0.25, 0.3) is 0 Å². The zero-order valence-corrected chi connectivity index (χ0v) is 13.5. The van der Waals surface area contributed by atoms with Crippen molar-refractivity contribution in [3.8, 4) is 0 Å². The highest BCUT2D eigenvalue weighted by Gasteiger charge is 2.29. The molecule has 0 saturated heterocycles. The molecule has 1 fully saturated rings. The van der Waals surface area contributed by atoms with Gasteiger partial charge in [-0.3, -0.25) is 0 Å². The largest absolute Gasteiger partial charge is 0.330 e. The average molecular weight is 275 g/mol. The Hall–Kier alpha value is -0.960. The van der Waals surface area contributed by atoms with E-state index in [-0.39, 0.29) is 0 Å². The molecule has 0 aliphatic heterocycles. The summed E-state index contributed by atoms with van der Waals surface area (Å²) in [5.41, 5.74) is 9.73. The quantitative estimate of drug-likeness (QED) is 0.912.